The molecule has 0 atom stereocenters. The smallest absolute Gasteiger partial charge is 0.266 e. The summed E-state index contributed by atoms with van der Waals surface area (Å²) in [4.78, 5) is 14.6. The van der Waals surface area contributed by atoms with Gasteiger partial charge in [0.2, 0.25) is 0 Å². The summed E-state index contributed by atoms with van der Waals surface area (Å²) in [5.74, 6) is 0.666. The van der Waals surface area contributed by atoms with Crippen LogP contribution in [0.15, 0.2) is 84.4 Å². The van der Waals surface area contributed by atoms with E-state index in [1.807, 2.05) is 85.7 Å². The van der Waals surface area contributed by atoms with Gasteiger partial charge in [-0.25, -0.2) is 0 Å². The molecule has 0 aromatic heterocycles. The zero-order valence-corrected chi connectivity index (χ0v) is 16.3. The third kappa shape index (κ3) is 5.24. The van der Waals surface area contributed by atoms with Crippen molar-refractivity contribution in [3.05, 3.63) is 90.0 Å². The lowest BCUT2D eigenvalue weighted by molar-refractivity contribution is -0.112. The Bertz CT molecular complexity index is 1050. The Morgan fingerprint density at radius 2 is 1.62 bits per heavy atom. The van der Waals surface area contributed by atoms with E-state index in [-0.39, 0.29) is 5.57 Å². The van der Waals surface area contributed by atoms with Crippen LogP contribution in [0, 0.1) is 11.3 Å². The molecule has 5 heteroatoms. The molecule has 3 aromatic rings. The number of nitrogens with zero attached hydrogens (tertiary/aromatic N) is 2. The van der Waals surface area contributed by atoms with E-state index in [0.717, 1.165) is 11.3 Å². The highest BCUT2D eigenvalue weighted by Crippen LogP contribution is 2.29. The highest BCUT2D eigenvalue weighted by Gasteiger charge is 2.13. The summed E-state index contributed by atoms with van der Waals surface area (Å²) in [6, 6.07) is 26.0. The van der Waals surface area contributed by atoms with E-state index in [1.54, 1.807) is 24.3 Å². The molecule has 3 rings (SSSR count). The highest BCUT2D eigenvalue weighted by molar-refractivity contribution is 6.10. The molecule has 0 aliphatic rings. The third-order valence-electron chi connectivity index (χ3n) is 4.19. The second kappa shape index (κ2) is 9.25. The van der Waals surface area contributed by atoms with Crippen molar-refractivity contribution < 1.29 is 9.53 Å². The lowest BCUT2D eigenvalue weighted by Crippen LogP contribution is -2.14. The number of anilines is 2. The Morgan fingerprint density at radius 3 is 2.28 bits per heavy atom. The second-order valence-electron chi connectivity index (χ2n) is 6.52. The molecule has 29 heavy (non-hydrogen) atoms. The van der Waals surface area contributed by atoms with Gasteiger partial charge in [0.25, 0.3) is 5.91 Å². The van der Waals surface area contributed by atoms with Crippen LogP contribution in [0.5, 0.6) is 11.5 Å². The second-order valence-corrected chi connectivity index (χ2v) is 6.52. The van der Waals surface area contributed by atoms with Crippen LogP contribution in [0.4, 0.5) is 11.4 Å². The Kier molecular flexibility index (Phi) is 6.29. The predicted octanol–water partition coefficient (Wildman–Crippen LogP) is 5.09. The Balaban J connectivity index is 1.79. The van der Waals surface area contributed by atoms with Crippen LogP contribution in [-0.4, -0.2) is 20.0 Å². The largest absolute Gasteiger partial charge is 0.455 e. The average molecular weight is 383 g/mol. The molecule has 3 aromatic carbocycles. The van der Waals surface area contributed by atoms with Gasteiger partial charge in [-0.3, -0.25) is 4.79 Å². The maximum Gasteiger partial charge on any atom is 0.266 e. The number of nitriles is 1. The van der Waals surface area contributed by atoms with Crippen molar-refractivity contribution >= 4 is 23.4 Å². The van der Waals surface area contributed by atoms with Crippen molar-refractivity contribution in [2.75, 3.05) is 24.3 Å². The van der Waals surface area contributed by atoms with Crippen molar-refractivity contribution in [3.8, 4) is 17.6 Å². The number of para-hydroxylation sites is 3. The molecule has 0 fully saturated rings. The fraction of sp³-hybridized carbons (Fsp3) is 0.0833. The van der Waals surface area contributed by atoms with Gasteiger partial charge in [-0.05, 0) is 48.0 Å². The molecule has 0 radical (unpaired) electrons. The van der Waals surface area contributed by atoms with Gasteiger partial charge < -0.3 is 15.0 Å². The quantitative estimate of drug-likeness (QED) is 0.476. The van der Waals surface area contributed by atoms with Gasteiger partial charge in [-0.1, -0.05) is 42.5 Å². The Morgan fingerprint density at radius 1 is 0.966 bits per heavy atom. The van der Waals surface area contributed by atoms with E-state index in [2.05, 4.69) is 5.32 Å². The monoisotopic (exact) mass is 383 g/mol. The van der Waals surface area contributed by atoms with Gasteiger partial charge in [0.1, 0.15) is 17.4 Å². The highest BCUT2D eigenvalue weighted by atomic mass is 16.5. The summed E-state index contributed by atoms with van der Waals surface area (Å²) in [6.07, 6.45) is 1.56. The number of carbonyl (C=O) groups excluding carboxylic acids is 1. The van der Waals surface area contributed by atoms with Crippen molar-refractivity contribution in [2.45, 2.75) is 0 Å². The van der Waals surface area contributed by atoms with Crippen LogP contribution in [0.2, 0.25) is 0 Å². The molecular formula is C24H21N3O2. The summed E-state index contributed by atoms with van der Waals surface area (Å²) in [7, 11) is 3.90. The van der Waals surface area contributed by atoms with Crippen molar-refractivity contribution in [1.82, 2.24) is 0 Å². The minimum absolute atomic E-state index is 0.0112. The molecule has 0 spiro atoms. The third-order valence-corrected chi connectivity index (χ3v) is 4.19. The van der Waals surface area contributed by atoms with Gasteiger partial charge in [-0.2, -0.15) is 5.26 Å². The standard InChI is InChI=1S/C24H21N3O2/c1-27(2)20-14-12-18(13-15-20)16-19(17-25)24(28)26-22-10-6-7-11-23(22)29-21-8-4-3-5-9-21/h3-16H,1-2H3,(H,26,28)/b19-16+. The SMILES string of the molecule is CN(C)c1ccc(/C=C(\C#N)C(=O)Nc2ccccc2Oc2ccccc2)cc1. The fourth-order valence-corrected chi connectivity index (χ4v) is 2.65. The molecule has 0 bridgehead atoms. The topological polar surface area (TPSA) is 65.4 Å². The number of nitrogens with one attached hydrogen (secondary N) is 1. The molecular weight excluding hydrogens is 362 g/mol. The average Bonchev–Trinajstić information content (AvgIpc) is 2.74. The fourth-order valence-electron chi connectivity index (χ4n) is 2.65. The van der Waals surface area contributed by atoms with Crippen LogP contribution in [0.25, 0.3) is 6.08 Å². The number of ether oxygens (including phenoxy) is 1. The Labute approximate surface area is 170 Å². The van der Waals surface area contributed by atoms with Gasteiger partial charge in [0, 0.05) is 19.8 Å². The normalized spacial score (nSPS) is 10.7. The maximum absolute atomic E-state index is 12.7. The van der Waals surface area contributed by atoms with Crippen LogP contribution >= 0.6 is 0 Å². The molecule has 0 saturated heterocycles. The number of hydrogen-bond donors (Lipinski definition) is 1. The summed E-state index contributed by atoms with van der Waals surface area (Å²) < 4.78 is 5.86. The minimum Gasteiger partial charge on any atom is -0.455 e. The van der Waals surface area contributed by atoms with E-state index < -0.39 is 5.91 Å². The molecule has 144 valence electrons. The van der Waals surface area contributed by atoms with Gasteiger partial charge >= 0.3 is 0 Å². The number of hydrogen-bond acceptors (Lipinski definition) is 4. The lowest BCUT2D eigenvalue weighted by atomic mass is 10.1. The lowest BCUT2D eigenvalue weighted by Gasteiger charge is -2.12. The Hall–Kier alpha value is -4.04. The van der Waals surface area contributed by atoms with Gasteiger partial charge in [-0.15, -0.1) is 0 Å². The number of amides is 1. The molecule has 5 nitrogen and oxygen atoms in total. The summed E-state index contributed by atoms with van der Waals surface area (Å²) in [6.45, 7) is 0. The van der Waals surface area contributed by atoms with E-state index in [1.165, 1.54) is 0 Å². The summed E-state index contributed by atoms with van der Waals surface area (Å²) in [5.41, 5.74) is 2.32. The van der Waals surface area contributed by atoms with Crippen molar-refractivity contribution in [3.63, 3.8) is 0 Å². The van der Waals surface area contributed by atoms with E-state index >= 15 is 0 Å². The van der Waals surface area contributed by atoms with E-state index in [0.29, 0.717) is 17.2 Å². The molecule has 0 saturated carbocycles. The zero-order chi connectivity index (χ0) is 20.6. The molecule has 0 aliphatic heterocycles. The first-order valence-electron chi connectivity index (χ1n) is 9.09. The molecule has 0 heterocycles. The first-order valence-corrected chi connectivity index (χ1v) is 9.09. The van der Waals surface area contributed by atoms with Crippen LogP contribution in [0.1, 0.15) is 5.56 Å². The molecule has 1 amide bonds. The van der Waals surface area contributed by atoms with Crippen LogP contribution < -0.4 is 15.0 Å². The van der Waals surface area contributed by atoms with Crippen molar-refractivity contribution in [2.24, 2.45) is 0 Å². The first kappa shape index (κ1) is 19.7. The first-order chi connectivity index (χ1) is 14.1. The zero-order valence-electron chi connectivity index (χ0n) is 16.3. The number of benzene rings is 3. The minimum atomic E-state index is -0.492. The molecule has 0 unspecified atom stereocenters. The van der Waals surface area contributed by atoms with E-state index in [4.69, 9.17) is 4.74 Å². The number of rotatable bonds is 6. The predicted molar refractivity (Wildman–Crippen MR) is 116 cm³/mol. The van der Waals surface area contributed by atoms with E-state index in [9.17, 15) is 10.1 Å². The molecule has 1 N–H and O–H groups in total. The molecule has 0 aliphatic carbocycles. The summed E-state index contributed by atoms with van der Waals surface area (Å²) >= 11 is 0. The van der Waals surface area contributed by atoms with Crippen LogP contribution in [0.3, 0.4) is 0 Å². The van der Waals surface area contributed by atoms with Crippen LogP contribution in [-0.2, 0) is 4.79 Å². The van der Waals surface area contributed by atoms with Gasteiger partial charge in [0.15, 0.2) is 5.75 Å². The van der Waals surface area contributed by atoms with Gasteiger partial charge in [0.05, 0.1) is 5.69 Å². The summed E-state index contributed by atoms with van der Waals surface area (Å²) in [5, 5.41) is 12.2. The number of carbonyl (C=O) groups is 1. The maximum atomic E-state index is 12.7. The van der Waals surface area contributed by atoms with Crippen molar-refractivity contribution in [1.29, 1.82) is 5.26 Å².